The smallest absolute Gasteiger partial charge is 0.341 e. The van der Waals surface area contributed by atoms with Crippen LogP contribution in [0.1, 0.15) is 54.6 Å². The summed E-state index contributed by atoms with van der Waals surface area (Å²) in [7, 11) is 0. The van der Waals surface area contributed by atoms with E-state index in [0.29, 0.717) is 16.7 Å². The molecule has 0 atom stereocenters. The summed E-state index contributed by atoms with van der Waals surface area (Å²) < 4.78 is 8.38. The molecule has 3 aromatic rings. The molecule has 1 saturated carbocycles. The monoisotopic (exact) mass is 366 g/mol. The summed E-state index contributed by atoms with van der Waals surface area (Å²) in [6.07, 6.45) is 5.68. The highest BCUT2D eigenvalue weighted by Gasteiger charge is 2.24. The average molecular weight is 366 g/mol. The van der Waals surface area contributed by atoms with E-state index in [-0.39, 0.29) is 29.3 Å². The van der Waals surface area contributed by atoms with E-state index in [4.69, 9.17) is 10.1 Å². The van der Waals surface area contributed by atoms with Crippen molar-refractivity contribution in [3.8, 4) is 0 Å². The molecule has 0 bridgehead atoms. The molecule has 3 heterocycles. The minimum absolute atomic E-state index is 0.0641. The quantitative estimate of drug-likeness (QED) is 0.570. The fraction of sp³-hybridized carbons (Fsp3) is 0.400. The fourth-order valence-corrected chi connectivity index (χ4v) is 3.89. The second-order valence-corrected chi connectivity index (χ2v) is 7.02. The van der Waals surface area contributed by atoms with Crippen molar-refractivity contribution in [2.24, 2.45) is 0 Å². The molecule has 0 aliphatic heterocycles. The van der Waals surface area contributed by atoms with Gasteiger partial charge in [-0.3, -0.25) is 14.6 Å². The standard InChI is InChI=1S/C20H22N4O3/c1-3-27-20(26)14-10-15-18(24(17(14)21)13-6-4-5-7-13)22-16-9-8-12(2)11-23(16)19(15)25/h8-11,13,21H,3-7H2,1-2H3. The Morgan fingerprint density at radius 1 is 1.33 bits per heavy atom. The molecular weight excluding hydrogens is 344 g/mol. The van der Waals surface area contributed by atoms with E-state index in [9.17, 15) is 9.59 Å². The Balaban J connectivity index is 2.13. The van der Waals surface area contributed by atoms with Gasteiger partial charge < -0.3 is 9.30 Å². The van der Waals surface area contributed by atoms with E-state index in [1.165, 1.54) is 10.5 Å². The number of carbonyl (C=O) groups excluding carboxylic acids is 1. The Morgan fingerprint density at radius 3 is 2.78 bits per heavy atom. The molecule has 0 saturated heterocycles. The average Bonchev–Trinajstić information content (AvgIpc) is 3.16. The topological polar surface area (TPSA) is 89.4 Å². The maximum absolute atomic E-state index is 13.1. The number of aryl methyl sites for hydroxylation is 1. The van der Waals surface area contributed by atoms with Gasteiger partial charge in [-0.1, -0.05) is 18.9 Å². The van der Waals surface area contributed by atoms with Crippen molar-refractivity contribution in [3.05, 3.63) is 51.4 Å². The molecule has 7 nitrogen and oxygen atoms in total. The number of carbonyl (C=O) groups is 1. The highest BCUT2D eigenvalue weighted by atomic mass is 16.5. The zero-order chi connectivity index (χ0) is 19.1. The molecule has 0 unspecified atom stereocenters. The fourth-order valence-electron chi connectivity index (χ4n) is 3.89. The number of pyridine rings is 2. The van der Waals surface area contributed by atoms with Crippen molar-refractivity contribution in [1.29, 1.82) is 5.41 Å². The molecule has 1 N–H and O–H groups in total. The summed E-state index contributed by atoms with van der Waals surface area (Å²) >= 11 is 0. The van der Waals surface area contributed by atoms with E-state index in [1.54, 1.807) is 23.8 Å². The molecule has 0 radical (unpaired) electrons. The van der Waals surface area contributed by atoms with Gasteiger partial charge in [-0.25, -0.2) is 9.78 Å². The van der Waals surface area contributed by atoms with Crippen molar-refractivity contribution in [3.63, 3.8) is 0 Å². The molecule has 0 spiro atoms. The third-order valence-corrected chi connectivity index (χ3v) is 5.18. The highest BCUT2D eigenvalue weighted by Crippen LogP contribution is 2.30. The number of hydrogen-bond donors (Lipinski definition) is 1. The van der Waals surface area contributed by atoms with Gasteiger partial charge in [0.05, 0.1) is 12.0 Å². The predicted molar refractivity (Wildman–Crippen MR) is 101 cm³/mol. The second-order valence-electron chi connectivity index (χ2n) is 7.02. The van der Waals surface area contributed by atoms with Crippen molar-refractivity contribution in [2.75, 3.05) is 6.61 Å². The molecule has 7 heteroatoms. The summed E-state index contributed by atoms with van der Waals surface area (Å²) in [5.41, 5.74) is 1.88. The van der Waals surface area contributed by atoms with Crippen LogP contribution in [0.2, 0.25) is 0 Å². The SMILES string of the molecule is CCOC(=O)c1cc2c(=O)n3cc(C)ccc3nc2n(C2CCCC2)c1=N. The number of nitrogens with one attached hydrogen (secondary N) is 1. The van der Waals surface area contributed by atoms with Gasteiger partial charge in [-0.15, -0.1) is 0 Å². The van der Waals surface area contributed by atoms with Crippen molar-refractivity contribution >= 4 is 22.6 Å². The van der Waals surface area contributed by atoms with Gasteiger partial charge in [0, 0.05) is 12.2 Å². The first kappa shape index (κ1) is 17.5. The van der Waals surface area contributed by atoms with E-state index in [1.807, 2.05) is 13.0 Å². The molecule has 140 valence electrons. The van der Waals surface area contributed by atoms with Crippen LogP contribution in [0.25, 0.3) is 16.7 Å². The lowest BCUT2D eigenvalue weighted by atomic mass is 10.1. The molecule has 0 amide bonds. The second kappa shape index (κ2) is 6.64. The van der Waals surface area contributed by atoms with Gasteiger partial charge in [-0.05, 0) is 44.4 Å². The van der Waals surface area contributed by atoms with E-state index >= 15 is 0 Å². The minimum atomic E-state index is -0.579. The first-order valence-corrected chi connectivity index (χ1v) is 9.31. The van der Waals surface area contributed by atoms with Crippen LogP contribution < -0.4 is 11.0 Å². The Labute approximate surface area is 155 Å². The predicted octanol–water partition coefficient (Wildman–Crippen LogP) is 2.73. The van der Waals surface area contributed by atoms with Crippen LogP contribution in [0.4, 0.5) is 0 Å². The first-order chi connectivity index (χ1) is 13.0. The number of esters is 1. The molecular formula is C20H22N4O3. The number of nitrogens with zero attached hydrogens (tertiary/aromatic N) is 3. The zero-order valence-corrected chi connectivity index (χ0v) is 15.5. The number of rotatable bonds is 3. The maximum Gasteiger partial charge on any atom is 0.341 e. The number of aromatic nitrogens is 3. The van der Waals surface area contributed by atoms with Gasteiger partial charge in [0.1, 0.15) is 22.3 Å². The Bertz CT molecular complexity index is 1170. The molecule has 1 aliphatic rings. The number of hydrogen-bond acceptors (Lipinski definition) is 5. The van der Waals surface area contributed by atoms with Crippen LogP contribution in [0.3, 0.4) is 0 Å². The summed E-state index contributed by atoms with van der Waals surface area (Å²) in [6, 6.07) is 5.24. The summed E-state index contributed by atoms with van der Waals surface area (Å²) in [5.74, 6) is -0.579. The van der Waals surface area contributed by atoms with Gasteiger partial charge in [0.15, 0.2) is 0 Å². The lowest BCUT2D eigenvalue weighted by Crippen LogP contribution is -2.32. The van der Waals surface area contributed by atoms with E-state index in [0.717, 1.165) is 31.2 Å². The van der Waals surface area contributed by atoms with Crippen molar-refractivity contribution in [1.82, 2.24) is 14.0 Å². The van der Waals surface area contributed by atoms with Gasteiger partial charge >= 0.3 is 5.97 Å². The Hall–Kier alpha value is -2.96. The van der Waals surface area contributed by atoms with Crippen LogP contribution in [0, 0.1) is 12.3 Å². The minimum Gasteiger partial charge on any atom is -0.462 e. The Morgan fingerprint density at radius 2 is 2.07 bits per heavy atom. The number of fused-ring (bicyclic) bond motifs is 2. The normalized spacial score (nSPS) is 14.9. The third kappa shape index (κ3) is 2.83. The third-order valence-electron chi connectivity index (χ3n) is 5.18. The zero-order valence-electron chi connectivity index (χ0n) is 15.5. The molecule has 27 heavy (non-hydrogen) atoms. The lowest BCUT2D eigenvalue weighted by Gasteiger charge is -2.19. The molecule has 0 aromatic carbocycles. The maximum atomic E-state index is 13.1. The van der Waals surface area contributed by atoms with Crippen molar-refractivity contribution in [2.45, 2.75) is 45.6 Å². The summed E-state index contributed by atoms with van der Waals surface area (Å²) in [5, 5.41) is 8.97. The first-order valence-electron chi connectivity index (χ1n) is 9.31. The lowest BCUT2D eigenvalue weighted by molar-refractivity contribution is 0.0523. The van der Waals surface area contributed by atoms with Gasteiger partial charge in [0.2, 0.25) is 0 Å². The highest BCUT2D eigenvalue weighted by molar-refractivity contribution is 5.93. The van der Waals surface area contributed by atoms with Gasteiger partial charge in [0.25, 0.3) is 5.56 Å². The largest absolute Gasteiger partial charge is 0.462 e. The van der Waals surface area contributed by atoms with E-state index in [2.05, 4.69) is 4.98 Å². The van der Waals surface area contributed by atoms with Crippen LogP contribution in [-0.4, -0.2) is 26.5 Å². The van der Waals surface area contributed by atoms with Gasteiger partial charge in [-0.2, -0.15) is 0 Å². The number of ether oxygens (including phenoxy) is 1. The summed E-state index contributed by atoms with van der Waals surface area (Å²) in [4.78, 5) is 30.3. The van der Waals surface area contributed by atoms with Crippen LogP contribution in [0.5, 0.6) is 0 Å². The van der Waals surface area contributed by atoms with Crippen LogP contribution >= 0.6 is 0 Å². The van der Waals surface area contributed by atoms with Crippen LogP contribution in [-0.2, 0) is 4.74 Å². The summed E-state index contributed by atoms with van der Waals surface area (Å²) in [6.45, 7) is 3.85. The Kier molecular flexibility index (Phi) is 4.30. The molecule has 1 fully saturated rings. The molecule has 1 aliphatic carbocycles. The van der Waals surface area contributed by atoms with Crippen molar-refractivity contribution < 1.29 is 9.53 Å². The molecule has 3 aromatic heterocycles. The van der Waals surface area contributed by atoms with Crippen LogP contribution in [0.15, 0.2) is 29.2 Å². The van der Waals surface area contributed by atoms with E-state index < -0.39 is 5.97 Å². The molecule has 4 rings (SSSR count).